The van der Waals surface area contributed by atoms with Gasteiger partial charge in [-0.25, -0.2) is 0 Å². The van der Waals surface area contributed by atoms with Crippen LogP contribution in [0.4, 0.5) is 0 Å². The van der Waals surface area contributed by atoms with Gasteiger partial charge >= 0.3 is 0 Å². The highest BCUT2D eigenvalue weighted by Crippen LogP contribution is 2.38. The molecule has 74 valence electrons. The van der Waals surface area contributed by atoms with Crippen molar-refractivity contribution < 1.29 is 4.74 Å². The van der Waals surface area contributed by atoms with Crippen LogP contribution >= 0.6 is 0 Å². The molecule has 0 spiro atoms. The second-order valence-electron chi connectivity index (χ2n) is 4.27. The summed E-state index contributed by atoms with van der Waals surface area (Å²) in [5.74, 6) is 0. The van der Waals surface area contributed by atoms with Crippen LogP contribution in [-0.2, 0) is 11.2 Å². The molecule has 0 saturated carbocycles. The molecule has 1 aromatic rings. The number of aryl methyl sites for hydroxylation is 1. The number of rotatable bonds is 0. The first-order chi connectivity index (χ1) is 6.86. The second kappa shape index (κ2) is 3.07. The van der Waals surface area contributed by atoms with Crippen LogP contribution in [0.15, 0.2) is 24.3 Å². The Labute approximate surface area is 84.5 Å². The Balaban J connectivity index is 2.07. The van der Waals surface area contributed by atoms with Crippen molar-refractivity contribution in [1.29, 1.82) is 0 Å². The Kier molecular flexibility index (Phi) is 1.85. The molecule has 1 heterocycles. The molecule has 3 rings (SSSR count). The quantitative estimate of drug-likeness (QED) is 0.618. The van der Waals surface area contributed by atoms with Crippen molar-refractivity contribution in [1.82, 2.24) is 4.90 Å². The fourth-order valence-corrected chi connectivity index (χ4v) is 2.70. The molecule has 0 N–H and O–H groups in total. The van der Waals surface area contributed by atoms with E-state index in [0.717, 1.165) is 6.73 Å². The van der Waals surface area contributed by atoms with Crippen molar-refractivity contribution in [3.8, 4) is 0 Å². The third kappa shape index (κ3) is 1.11. The van der Waals surface area contributed by atoms with E-state index in [1.165, 1.54) is 24.0 Å². The summed E-state index contributed by atoms with van der Waals surface area (Å²) in [4.78, 5) is 2.31. The van der Waals surface area contributed by atoms with E-state index in [0.29, 0.717) is 12.1 Å². The second-order valence-corrected chi connectivity index (χ2v) is 4.27. The predicted molar refractivity (Wildman–Crippen MR) is 55.0 cm³/mol. The van der Waals surface area contributed by atoms with Crippen LogP contribution in [0.3, 0.4) is 0 Å². The summed E-state index contributed by atoms with van der Waals surface area (Å²) >= 11 is 0. The summed E-state index contributed by atoms with van der Waals surface area (Å²) in [5.41, 5.74) is 2.98. The molecule has 0 bridgehead atoms. The summed E-state index contributed by atoms with van der Waals surface area (Å²) in [6.45, 7) is 0.781. The average molecular weight is 189 g/mol. The molecule has 1 aliphatic carbocycles. The zero-order valence-electron chi connectivity index (χ0n) is 8.44. The number of fused-ring (bicyclic) bond motifs is 3. The summed E-state index contributed by atoms with van der Waals surface area (Å²) in [5, 5.41) is 0. The number of ether oxygens (including phenoxy) is 1. The van der Waals surface area contributed by atoms with E-state index in [1.807, 2.05) is 0 Å². The third-order valence-electron chi connectivity index (χ3n) is 3.39. The molecule has 1 saturated heterocycles. The van der Waals surface area contributed by atoms with Gasteiger partial charge in [0.15, 0.2) is 0 Å². The molecular weight excluding hydrogens is 174 g/mol. The summed E-state index contributed by atoms with van der Waals surface area (Å²) in [6.07, 6.45) is 2.77. The highest BCUT2D eigenvalue weighted by atomic mass is 16.5. The van der Waals surface area contributed by atoms with Crippen molar-refractivity contribution in [2.75, 3.05) is 13.8 Å². The number of benzene rings is 1. The summed E-state index contributed by atoms with van der Waals surface area (Å²) < 4.78 is 5.75. The Morgan fingerprint density at radius 2 is 2.21 bits per heavy atom. The van der Waals surface area contributed by atoms with Crippen molar-refractivity contribution in [2.24, 2.45) is 0 Å². The Bertz CT molecular complexity index is 350. The molecule has 2 atom stereocenters. The first-order valence-electron chi connectivity index (χ1n) is 5.26. The van der Waals surface area contributed by atoms with Crippen molar-refractivity contribution in [2.45, 2.75) is 25.0 Å². The van der Waals surface area contributed by atoms with E-state index in [-0.39, 0.29) is 0 Å². The SMILES string of the molecule is CN1CO[C@@H]2CCc3ccccc3[C@@H]21. The first kappa shape index (κ1) is 8.45. The van der Waals surface area contributed by atoms with Crippen molar-refractivity contribution in [3.63, 3.8) is 0 Å². The van der Waals surface area contributed by atoms with Gasteiger partial charge in [-0.1, -0.05) is 24.3 Å². The van der Waals surface area contributed by atoms with E-state index in [9.17, 15) is 0 Å². The van der Waals surface area contributed by atoms with Gasteiger partial charge < -0.3 is 4.74 Å². The van der Waals surface area contributed by atoms with Gasteiger partial charge in [-0.05, 0) is 31.0 Å². The van der Waals surface area contributed by atoms with Gasteiger partial charge in [0, 0.05) is 0 Å². The summed E-state index contributed by atoms with van der Waals surface area (Å²) in [6, 6.07) is 9.26. The molecular formula is C12H15NO. The lowest BCUT2D eigenvalue weighted by Crippen LogP contribution is -2.28. The van der Waals surface area contributed by atoms with E-state index in [2.05, 4.69) is 36.2 Å². The topological polar surface area (TPSA) is 12.5 Å². The lowest BCUT2D eigenvalue weighted by atomic mass is 9.86. The monoisotopic (exact) mass is 189 g/mol. The van der Waals surface area contributed by atoms with Gasteiger partial charge in [-0.3, -0.25) is 4.90 Å². The van der Waals surface area contributed by atoms with E-state index in [1.54, 1.807) is 0 Å². The van der Waals surface area contributed by atoms with E-state index < -0.39 is 0 Å². The first-order valence-corrected chi connectivity index (χ1v) is 5.26. The van der Waals surface area contributed by atoms with Crippen molar-refractivity contribution >= 4 is 0 Å². The largest absolute Gasteiger partial charge is 0.361 e. The van der Waals surface area contributed by atoms with Crippen LogP contribution in [0.25, 0.3) is 0 Å². The highest BCUT2D eigenvalue weighted by Gasteiger charge is 2.37. The van der Waals surface area contributed by atoms with Gasteiger partial charge in [-0.2, -0.15) is 0 Å². The lowest BCUT2D eigenvalue weighted by Gasteiger charge is -2.29. The van der Waals surface area contributed by atoms with Gasteiger partial charge in [-0.15, -0.1) is 0 Å². The number of hydrogen-bond acceptors (Lipinski definition) is 2. The lowest BCUT2D eigenvalue weighted by molar-refractivity contribution is 0.0850. The fraction of sp³-hybridized carbons (Fsp3) is 0.500. The maximum Gasteiger partial charge on any atom is 0.0998 e. The van der Waals surface area contributed by atoms with Crippen LogP contribution in [0.5, 0.6) is 0 Å². The third-order valence-corrected chi connectivity index (χ3v) is 3.39. The number of hydrogen-bond donors (Lipinski definition) is 0. The highest BCUT2D eigenvalue weighted by molar-refractivity contribution is 5.34. The van der Waals surface area contributed by atoms with Crippen LogP contribution in [0.1, 0.15) is 23.6 Å². The zero-order valence-corrected chi connectivity index (χ0v) is 8.44. The molecule has 0 radical (unpaired) electrons. The molecule has 0 aromatic heterocycles. The normalized spacial score (nSPS) is 31.2. The van der Waals surface area contributed by atoms with Crippen LogP contribution < -0.4 is 0 Å². The zero-order chi connectivity index (χ0) is 9.54. The fourth-order valence-electron chi connectivity index (χ4n) is 2.70. The standard InChI is InChI=1S/C12H15NO/c1-13-8-14-11-7-6-9-4-2-3-5-10(9)12(11)13/h2-5,11-12H,6-8H2,1H3/t11-,12+/m1/s1. The van der Waals surface area contributed by atoms with Crippen LogP contribution in [-0.4, -0.2) is 24.8 Å². The minimum atomic E-state index is 0.426. The number of nitrogens with zero attached hydrogens (tertiary/aromatic N) is 1. The molecule has 0 unspecified atom stereocenters. The maximum atomic E-state index is 5.75. The Morgan fingerprint density at radius 3 is 3.14 bits per heavy atom. The molecule has 2 nitrogen and oxygen atoms in total. The molecule has 2 aliphatic rings. The maximum absolute atomic E-state index is 5.75. The van der Waals surface area contributed by atoms with Gasteiger partial charge in [0.1, 0.15) is 0 Å². The molecule has 0 amide bonds. The minimum absolute atomic E-state index is 0.426. The van der Waals surface area contributed by atoms with Crippen LogP contribution in [0, 0.1) is 0 Å². The molecule has 14 heavy (non-hydrogen) atoms. The minimum Gasteiger partial charge on any atom is -0.361 e. The van der Waals surface area contributed by atoms with Crippen LogP contribution in [0.2, 0.25) is 0 Å². The molecule has 1 aromatic carbocycles. The molecule has 1 aliphatic heterocycles. The molecule has 1 fully saturated rings. The van der Waals surface area contributed by atoms with E-state index in [4.69, 9.17) is 4.74 Å². The van der Waals surface area contributed by atoms with Crippen molar-refractivity contribution in [3.05, 3.63) is 35.4 Å². The Morgan fingerprint density at radius 1 is 1.36 bits per heavy atom. The van der Waals surface area contributed by atoms with Gasteiger partial charge in [0.2, 0.25) is 0 Å². The predicted octanol–water partition coefficient (Wildman–Crippen LogP) is 1.96. The van der Waals surface area contributed by atoms with Gasteiger partial charge in [0.25, 0.3) is 0 Å². The van der Waals surface area contributed by atoms with Gasteiger partial charge in [0.05, 0.1) is 18.9 Å². The number of likely N-dealkylation sites (N-methyl/N-ethyl adjacent to an activating group) is 1. The average Bonchev–Trinajstić information content (AvgIpc) is 2.61. The van der Waals surface area contributed by atoms with E-state index >= 15 is 0 Å². The summed E-state index contributed by atoms with van der Waals surface area (Å²) in [7, 11) is 2.15. The smallest absolute Gasteiger partial charge is 0.0998 e. The Hall–Kier alpha value is -0.860. The molecule has 2 heteroatoms.